The van der Waals surface area contributed by atoms with E-state index in [-0.39, 0.29) is 6.61 Å². The number of aliphatic hydroxyl groups excluding tert-OH is 1. The van der Waals surface area contributed by atoms with Crippen LogP contribution in [-0.4, -0.2) is 40.5 Å². The molecule has 0 saturated heterocycles. The van der Waals surface area contributed by atoms with Gasteiger partial charge in [-0.1, -0.05) is 25.1 Å². The highest BCUT2D eigenvalue weighted by atomic mass is 16.5. The van der Waals surface area contributed by atoms with Crippen molar-refractivity contribution in [3.63, 3.8) is 0 Å². The number of rotatable bonds is 10. The van der Waals surface area contributed by atoms with E-state index in [1.165, 1.54) is 0 Å². The molecule has 0 unspecified atom stereocenters. The highest BCUT2D eigenvalue weighted by Gasteiger charge is 2.18. The zero-order valence-corrected chi connectivity index (χ0v) is 15.1. The standard InChI is InChI=1S/C20H25NO5/c1-3-14-7-10-17(21-12-14)18(22)13-26-16-8-5-15(6-9-16)11-19(20(23)24)25-4-2/h5-10,12,18-19,22H,3-4,11,13H2,1-2H3,(H,23,24)/t18-,19+/m0/s1. The molecule has 0 amide bonds. The fraction of sp³-hybridized carbons (Fsp3) is 0.400. The number of carboxylic acids is 1. The van der Waals surface area contributed by atoms with Gasteiger partial charge in [-0.05, 0) is 42.7 Å². The predicted octanol–water partition coefficient (Wildman–Crippen LogP) is 2.79. The van der Waals surface area contributed by atoms with Crippen LogP contribution in [-0.2, 0) is 22.4 Å². The van der Waals surface area contributed by atoms with E-state index in [0.717, 1.165) is 17.5 Å². The molecule has 2 rings (SSSR count). The summed E-state index contributed by atoms with van der Waals surface area (Å²) in [7, 11) is 0. The van der Waals surface area contributed by atoms with E-state index in [0.29, 0.717) is 24.5 Å². The minimum Gasteiger partial charge on any atom is -0.490 e. The number of aryl methyl sites for hydroxylation is 1. The second kappa shape index (κ2) is 9.89. The summed E-state index contributed by atoms with van der Waals surface area (Å²) in [5, 5.41) is 19.3. The average molecular weight is 359 g/mol. The SMILES string of the molecule is CCO[C@H](Cc1ccc(OC[C@H](O)c2ccc(CC)cn2)cc1)C(=O)O. The lowest BCUT2D eigenvalue weighted by Gasteiger charge is -2.14. The van der Waals surface area contributed by atoms with Crippen molar-refractivity contribution in [3.05, 3.63) is 59.4 Å². The third-order valence-electron chi connectivity index (χ3n) is 3.99. The first-order valence-electron chi connectivity index (χ1n) is 8.72. The number of hydrogen-bond acceptors (Lipinski definition) is 5. The maximum Gasteiger partial charge on any atom is 0.333 e. The smallest absolute Gasteiger partial charge is 0.333 e. The van der Waals surface area contributed by atoms with Crippen LogP contribution in [0.1, 0.15) is 36.8 Å². The van der Waals surface area contributed by atoms with Crippen molar-refractivity contribution in [2.24, 2.45) is 0 Å². The Morgan fingerprint density at radius 3 is 2.35 bits per heavy atom. The van der Waals surface area contributed by atoms with Crippen molar-refractivity contribution < 1.29 is 24.5 Å². The van der Waals surface area contributed by atoms with E-state index in [1.807, 2.05) is 13.0 Å². The van der Waals surface area contributed by atoms with Crippen molar-refractivity contribution in [1.82, 2.24) is 4.98 Å². The Kier molecular flexibility index (Phi) is 7.56. The maximum absolute atomic E-state index is 11.1. The van der Waals surface area contributed by atoms with Crippen LogP contribution in [0.3, 0.4) is 0 Å². The van der Waals surface area contributed by atoms with Gasteiger partial charge in [-0.25, -0.2) is 4.79 Å². The van der Waals surface area contributed by atoms with Crippen LogP contribution in [0.15, 0.2) is 42.6 Å². The summed E-state index contributed by atoms with van der Waals surface area (Å²) in [6.45, 7) is 4.26. The number of ether oxygens (including phenoxy) is 2. The summed E-state index contributed by atoms with van der Waals surface area (Å²) < 4.78 is 10.8. The van der Waals surface area contributed by atoms with Crippen LogP contribution in [0, 0.1) is 0 Å². The monoisotopic (exact) mass is 359 g/mol. The summed E-state index contributed by atoms with van der Waals surface area (Å²) in [5.41, 5.74) is 2.53. The van der Waals surface area contributed by atoms with Crippen LogP contribution < -0.4 is 4.74 Å². The molecule has 140 valence electrons. The fourth-order valence-corrected chi connectivity index (χ4v) is 2.46. The van der Waals surface area contributed by atoms with Crippen molar-refractivity contribution in [1.29, 1.82) is 0 Å². The molecule has 0 fully saturated rings. The van der Waals surface area contributed by atoms with Gasteiger partial charge in [0.15, 0.2) is 6.10 Å². The van der Waals surface area contributed by atoms with Gasteiger partial charge >= 0.3 is 5.97 Å². The molecular formula is C20H25NO5. The lowest BCUT2D eigenvalue weighted by molar-refractivity contribution is -0.149. The van der Waals surface area contributed by atoms with Gasteiger partial charge in [0.1, 0.15) is 18.5 Å². The summed E-state index contributed by atoms with van der Waals surface area (Å²) in [5.74, 6) is -0.377. The molecule has 2 aromatic rings. The highest BCUT2D eigenvalue weighted by molar-refractivity contribution is 5.72. The molecule has 0 aliphatic carbocycles. The van der Waals surface area contributed by atoms with E-state index in [2.05, 4.69) is 4.98 Å². The summed E-state index contributed by atoms with van der Waals surface area (Å²) in [6, 6.07) is 10.8. The third-order valence-corrected chi connectivity index (χ3v) is 3.99. The number of aliphatic carboxylic acids is 1. The van der Waals surface area contributed by atoms with Gasteiger partial charge < -0.3 is 19.7 Å². The van der Waals surface area contributed by atoms with Gasteiger partial charge in [0.05, 0.1) is 5.69 Å². The van der Waals surface area contributed by atoms with Gasteiger partial charge in [-0.2, -0.15) is 0 Å². The number of aliphatic hydroxyl groups is 1. The topological polar surface area (TPSA) is 88.9 Å². The summed E-state index contributed by atoms with van der Waals surface area (Å²) >= 11 is 0. The fourth-order valence-electron chi connectivity index (χ4n) is 2.46. The first-order valence-corrected chi connectivity index (χ1v) is 8.72. The number of nitrogens with zero attached hydrogens (tertiary/aromatic N) is 1. The van der Waals surface area contributed by atoms with Crippen LogP contribution in [0.2, 0.25) is 0 Å². The molecule has 1 aromatic carbocycles. The maximum atomic E-state index is 11.1. The Bertz CT molecular complexity index is 684. The molecule has 0 aliphatic rings. The lowest BCUT2D eigenvalue weighted by Crippen LogP contribution is -2.26. The normalized spacial score (nSPS) is 13.2. The first kappa shape index (κ1) is 19.9. The zero-order chi connectivity index (χ0) is 18.9. The van der Waals surface area contributed by atoms with E-state index in [4.69, 9.17) is 14.6 Å². The Morgan fingerprint density at radius 1 is 1.12 bits per heavy atom. The van der Waals surface area contributed by atoms with Crippen LogP contribution in [0.25, 0.3) is 0 Å². The second-order valence-electron chi connectivity index (χ2n) is 5.90. The highest BCUT2D eigenvalue weighted by Crippen LogP contribution is 2.17. The molecule has 0 saturated carbocycles. The number of carboxylic acid groups (broad SMARTS) is 1. The number of pyridine rings is 1. The van der Waals surface area contributed by atoms with Crippen molar-refractivity contribution in [2.45, 2.75) is 38.9 Å². The Balaban J connectivity index is 1.88. The average Bonchev–Trinajstić information content (AvgIpc) is 2.66. The van der Waals surface area contributed by atoms with E-state index >= 15 is 0 Å². The number of benzene rings is 1. The van der Waals surface area contributed by atoms with Crippen LogP contribution in [0.4, 0.5) is 0 Å². The summed E-state index contributed by atoms with van der Waals surface area (Å²) in [6.07, 6.45) is 1.28. The van der Waals surface area contributed by atoms with Gasteiger partial charge in [0, 0.05) is 19.2 Å². The van der Waals surface area contributed by atoms with Crippen molar-refractivity contribution in [3.8, 4) is 5.75 Å². The number of hydrogen-bond donors (Lipinski definition) is 2. The molecule has 0 spiro atoms. The largest absolute Gasteiger partial charge is 0.490 e. The van der Waals surface area contributed by atoms with E-state index in [9.17, 15) is 9.90 Å². The molecule has 2 N–H and O–H groups in total. The molecule has 0 bridgehead atoms. The van der Waals surface area contributed by atoms with Gasteiger partial charge in [-0.15, -0.1) is 0 Å². The first-order chi connectivity index (χ1) is 12.5. The summed E-state index contributed by atoms with van der Waals surface area (Å²) in [4.78, 5) is 15.4. The Labute approximate surface area is 153 Å². The predicted molar refractivity (Wildman–Crippen MR) is 97.3 cm³/mol. The molecule has 1 aromatic heterocycles. The van der Waals surface area contributed by atoms with Crippen LogP contribution in [0.5, 0.6) is 5.75 Å². The molecule has 6 nitrogen and oxygen atoms in total. The molecule has 0 aliphatic heterocycles. The lowest BCUT2D eigenvalue weighted by atomic mass is 10.1. The Morgan fingerprint density at radius 2 is 1.81 bits per heavy atom. The van der Waals surface area contributed by atoms with Crippen molar-refractivity contribution in [2.75, 3.05) is 13.2 Å². The van der Waals surface area contributed by atoms with Crippen molar-refractivity contribution >= 4 is 5.97 Å². The number of carbonyl (C=O) groups is 1. The van der Waals surface area contributed by atoms with E-state index in [1.54, 1.807) is 43.5 Å². The molecule has 26 heavy (non-hydrogen) atoms. The molecule has 6 heteroatoms. The second-order valence-corrected chi connectivity index (χ2v) is 5.90. The van der Waals surface area contributed by atoms with Crippen LogP contribution >= 0.6 is 0 Å². The quantitative estimate of drug-likeness (QED) is 0.678. The van der Waals surface area contributed by atoms with E-state index < -0.39 is 18.2 Å². The van der Waals surface area contributed by atoms with Gasteiger partial charge in [0.2, 0.25) is 0 Å². The zero-order valence-electron chi connectivity index (χ0n) is 15.1. The Hall–Kier alpha value is -2.44. The van der Waals surface area contributed by atoms with Gasteiger partial charge in [0.25, 0.3) is 0 Å². The minimum atomic E-state index is -0.975. The molecule has 2 atom stereocenters. The molecule has 0 radical (unpaired) electrons. The molecule has 1 heterocycles. The molecular weight excluding hydrogens is 334 g/mol. The minimum absolute atomic E-state index is 0.0918. The number of aromatic nitrogens is 1. The third kappa shape index (κ3) is 5.82. The van der Waals surface area contributed by atoms with Gasteiger partial charge in [-0.3, -0.25) is 4.98 Å².